The molecule has 3 heterocycles. The number of aromatic nitrogens is 4. The number of thioether (sulfide) groups is 1. The standard InChI is InChI=1S/C14H13BrN4OS/c1-9-5-14(20)19-13(6-12(17-19)21-2)18(9)8-10-3-4-11(15)16-7-10/h3-7H,8H2,1-2H3. The van der Waals surface area contributed by atoms with E-state index < -0.39 is 0 Å². The van der Waals surface area contributed by atoms with Crippen LogP contribution >= 0.6 is 27.7 Å². The van der Waals surface area contributed by atoms with Crippen LogP contribution in [0.15, 0.2) is 44.9 Å². The Balaban J connectivity index is 2.14. The number of aryl methyl sites for hydroxylation is 1. The van der Waals surface area contributed by atoms with Gasteiger partial charge in [0.25, 0.3) is 5.56 Å². The van der Waals surface area contributed by atoms with Gasteiger partial charge in [0.1, 0.15) is 15.3 Å². The van der Waals surface area contributed by atoms with E-state index in [9.17, 15) is 4.79 Å². The summed E-state index contributed by atoms with van der Waals surface area (Å²) in [5.41, 5.74) is 2.67. The van der Waals surface area contributed by atoms with Crippen LogP contribution in [0.5, 0.6) is 0 Å². The molecule has 7 heteroatoms. The van der Waals surface area contributed by atoms with E-state index in [4.69, 9.17) is 0 Å². The van der Waals surface area contributed by atoms with Gasteiger partial charge in [0.15, 0.2) is 0 Å². The molecule has 3 aromatic rings. The molecule has 21 heavy (non-hydrogen) atoms. The van der Waals surface area contributed by atoms with Crippen molar-refractivity contribution in [1.82, 2.24) is 19.2 Å². The van der Waals surface area contributed by atoms with Crippen LogP contribution in [0.4, 0.5) is 0 Å². The lowest BCUT2D eigenvalue weighted by atomic mass is 10.2. The largest absolute Gasteiger partial charge is 0.326 e. The van der Waals surface area contributed by atoms with E-state index in [2.05, 4.69) is 30.6 Å². The predicted octanol–water partition coefficient (Wildman–Crippen LogP) is 2.73. The molecule has 3 rings (SSSR count). The van der Waals surface area contributed by atoms with Gasteiger partial charge in [0, 0.05) is 24.0 Å². The number of hydrogen-bond donors (Lipinski definition) is 0. The summed E-state index contributed by atoms with van der Waals surface area (Å²) in [5.74, 6) is 0. The maximum Gasteiger partial charge on any atom is 0.274 e. The third-order valence-corrected chi connectivity index (χ3v) is 4.34. The number of fused-ring (bicyclic) bond motifs is 1. The molecule has 0 aromatic carbocycles. The molecule has 0 unspecified atom stereocenters. The van der Waals surface area contributed by atoms with Crippen molar-refractivity contribution >= 4 is 33.3 Å². The van der Waals surface area contributed by atoms with Crippen molar-refractivity contribution in [3.63, 3.8) is 0 Å². The molecule has 0 radical (unpaired) electrons. The molecule has 0 amide bonds. The first-order valence-corrected chi connectivity index (χ1v) is 8.35. The molecule has 0 aliphatic carbocycles. The monoisotopic (exact) mass is 364 g/mol. The Morgan fingerprint density at radius 3 is 2.81 bits per heavy atom. The fourth-order valence-electron chi connectivity index (χ4n) is 2.19. The van der Waals surface area contributed by atoms with Crippen molar-refractivity contribution in [2.24, 2.45) is 0 Å². The number of pyridine rings is 1. The Bertz CT molecular complexity index is 854. The van der Waals surface area contributed by atoms with Gasteiger partial charge < -0.3 is 4.57 Å². The molecule has 0 spiro atoms. The Morgan fingerprint density at radius 2 is 2.14 bits per heavy atom. The van der Waals surface area contributed by atoms with Gasteiger partial charge in [-0.25, -0.2) is 4.98 Å². The summed E-state index contributed by atoms with van der Waals surface area (Å²) in [5, 5.41) is 5.15. The van der Waals surface area contributed by atoms with Crippen LogP contribution in [-0.2, 0) is 6.54 Å². The zero-order chi connectivity index (χ0) is 15.0. The zero-order valence-corrected chi connectivity index (χ0v) is 14.0. The molecule has 0 fully saturated rings. The number of rotatable bonds is 3. The third-order valence-electron chi connectivity index (χ3n) is 3.25. The van der Waals surface area contributed by atoms with E-state index in [1.165, 1.54) is 16.3 Å². The van der Waals surface area contributed by atoms with Crippen LogP contribution < -0.4 is 5.56 Å². The molecule has 0 N–H and O–H groups in total. The summed E-state index contributed by atoms with van der Waals surface area (Å²) in [6.45, 7) is 2.58. The maximum absolute atomic E-state index is 12.0. The second-order valence-corrected chi connectivity index (χ2v) is 6.29. The van der Waals surface area contributed by atoms with Crippen molar-refractivity contribution in [1.29, 1.82) is 0 Å². The van der Waals surface area contributed by atoms with Gasteiger partial charge in [-0.2, -0.15) is 9.61 Å². The number of nitrogens with zero attached hydrogens (tertiary/aromatic N) is 4. The van der Waals surface area contributed by atoms with Crippen LogP contribution in [0.2, 0.25) is 0 Å². The molecule has 0 saturated heterocycles. The first kappa shape index (κ1) is 14.3. The van der Waals surface area contributed by atoms with Crippen molar-refractivity contribution in [3.05, 3.63) is 56.7 Å². The molecule has 0 bridgehead atoms. The highest BCUT2D eigenvalue weighted by Crippen LogP contribution is 2.17. The van der Waals surface area contributed by atoms with Crippen molar-refractivity contribution in [2.45, 2.75) is 18.5 Å². The molecule has 3 aromatic heterocycles. The SMILES string of the molecule is CSc1cc2n(Cc3ccc(Br)nc3)c(C)cc(=O)n2n1. The van der Waals surface area contributed by atoms with Crippen LogP contribution in [-0.4, -0.2) is 25.4 Å². The highest BCUT2D eigenvalue weighted by Gasteiger charge is 2.10. The van der Waals surface area contributed by atoms with Crippen LogP contribution in [0.25, 0.3) is 5.65 Å². The van der Waals surface area contributed by atoms with E-state index in [0.29, 0.717) is 6.54 Å². The minimum Gasteiger partial charge on any atom is -0.326 e. The van der Waals surface area contributed by atoms with Gasteiger partial charge in [0.05, 0.1) is 6.54 Å². The molecular weight excluding hydrogens is 352 g/mol. The van der Waals surface area contributed by atoms with E-state index >= 15 is 0 Å². The minimum absolute atomic E-state index is 0.104. The molecule has 0 aliphatic heterocycles. The van der Waals surface area contributed by atoms with Gasteiger partial charge in [-0.05, 0) is 40.7 Å². The van der Waals surface area contributed by atoms with Gasteiger partial charge >= 0.3 is 0 Å². The second-order valence-electron chi connectivity index (χ2n) is 4.66. The van der Waals surface area contributed by atoms with Gasteiger partial charge in [-0.3, -0.25) is 4.79 Å². The Labute approximate surface area is 134 Å². The van der Waals surface area contributed by atoms with Gasteiger partial charge in [-0.1, -0.05) is 6.07 Å². The zero-order valence-electron chi connectivity index (χ0n) is 11.6. The Hall–Kier alpha value is -1.60. The smallest absolute Gasteiger partial charge is 0.274 e. The highest BCUT2D eigenvalue weighted by molar-refractivity contribution is 9.10. The fraction of sp³-hybridized carbons (Fsp3) is 0.214. The summed E-state index contributed by atoms with van der Waals surface area (Å²) >= 11 is 4.85. The van der Waals surface area contributed by atoms with Crippen LogP contribution in [0, 0.1) is 6.92 Å². The van der Waals surface area contributed by atoms with E-state index in [-0.39, 0.29) is 5.56 Å². The second kappa shape index (κ2) is 5.65. The predicted molar refractivity (Wildman–Crippen MR) is 87.0 cm³/mol. The Kier molecular flexibility index (Phi) is 3.86. The lowest BCUT2D eigenvalue weighted by molar-refractivity contribution is 0.731. The van der Waals surface area contributed by atoms with E-state index in [1.807, 2.05) is 37.6 Å². The van der Waals surface area contributed by atoms with Crippen molar-refractivity contribution in [2.75, 3.05) is 6.26 Å². The lowest BCUT2D eigenvalue weighted by Gasteiger charge is -2.12. The molecule has 0 aliphatic rings. The molecule has 0 saturated carbocycles. The first-order chi connectivity index (χ1) is 10.1. The summed E-state index contributed by atoms with van der Waals surface area (Å²) in [6, 6.07) is 7.47. The van der Waals surface area contributed by atoms with Gasteiger partial charge in [-0.15, -0.1) is 11.8 Å². The van der Waals surface area contributed by atoms with Crippen molar-refractivity contribution < 1.29 is 0 Å². The number of halogens is 1. The summed E-state index contributed by atoms with van der Waals surface area (Å²) < 4.78 is 4.33. The molecule has 5 nitrogen and oxygen atoms in total. The molecule has 0 atom stereocenters. The average molecular weight is 365 g/mol. The summed E-state index contributed by atoms with van der Waals surface area (Å²) in [7, 11) is 0. The minimum atomic E-state index is -0.104. The van der Waals surface area contributed by atoms with Crippen LogP contribution in [0.1, 0.15) is 11.3 Å². The molecule has 108 valence electrons. The Morgan fingerprint density at radius 1 is 1.33 bits per heavy atom. The third kappa shape index (κ3) is 2.75. The first-order valence-electron chi connectivity index (χ1n) is 6.33. The number of hydrogen-bond acceptors (Lipinski definition) is 4. The van der Waals surface area contributed by atoms with Crippen LogP contribution in [0.3, 0.4) is 0 Å². The van der Waals surface area contributed by atoms with E-state index in [1.54, 1.807) is 6.07 Å². The van der Waals surface area contributed by atoms with Crippen molar-refractivity contribution in [3.8, 4) is 0 Å². The van der Waals surface area contributed by atoms with E-state index in [0.717, 1.165) is 26.5 Å². The lowest BCUT2D eigenvalue weighted by Crippen LogP contribution is -2.20. The normalized spacial score (nSPS) is 11.2. The quantitative estimate of drug-likeness (QED) is 0.529. The fourth-order valence-corrected chi connectivity index (χ4v) is 2.81. The van der Waals surface area contributed by atoms with Gasteiger partial charge in [0.2, 0.25) is 0 Å². The maximum atomic E-state index is 12.0. The summed E-state index contributed by atoms with van der Waals surface area (Å²) in [4.78, 5) is 16.3. The topological polar surface area (TPSA) is 52.2 Å². The average Bonchev–Trinajstić information content (AvgIpc) is 2.90. The molecular formula is C14H13BrN4OS. The summed E-state index contributed by atoms with van der Waals surface area (Å²) in [6.07, 6.45) is 3.77. The highest BCUT2D eigenvalue weighted by atomic mass is 79.9.